The Balaban J connectivity index is 1.40. The second kappa shape index (κ2) is 11.2. The average molecular weight is 675 g/mol. The lowest BCUT2D eigenvalue weighted by Gasteiger charge is -2.21. The first-order valence-corrected chi connectivity index (χ1v) is 16.9. The Kier molecular flexibility index (Phi) is 6.30. The van der Waals surface area contributed by atoms with E-state index in [1.807, 2.05) is 102 Å². The molecule has 0 aliphatic rings. The monoisotopic (exact) mass is 674 g/mol. The number of fused-ring (bicyclic) bond motifs is 9. The first kappa shape index (κ1) is 29.8. The van der Waals surface area contributed by atoms with Gasteiger partial charge in [0, 0.05) is 49.6 Å². The zero-order chi connectivity index (χ0) is 35.8. The third kappa shape index (κ3) is 4.05. The Morgan fingerprint density at radius 3 is 1.68 bits per heavy atom. The van der Waals surface area contributed by atoms with Crippen molar-refractivity contribution in [3.63, 3.8) is 0 Å². The number of nitriles is 2. The van der Waals surface area contributed by atoms with Crippen LogP contribution in [0.5, 0.6) is 0 Å². The topological polar surface area (TPSA) is 79.3 Å². The predicted molar refractivity (Wildman–Crippen MR) is 210 cm³/mol. The van der Waals surface area contributed by atoms with Gasteiger partial charge in [-0.1, -0.05) is 91.0 Å². The number of nitrogens with zero attached hydrogens (tertiary/aromatic N) is 6. The molecule has 0 spiro atoms. The van der Waals surface area contributed by atoms with Crippen LogP contribution in [0.25, 0.3) is 97.7 Å². The van der Waals surface area contributed by atoms with E-state index in [1.165, 1.54) is 0 Å². The highest BCUT2D eigenvalue weighted by atomic mass is 16.3. The minimum absolute atomic E-state index is 0.198. The largest absolute Gasteiger partial charge is 0.456 e. The van der Waals surface area contributed by atoms with Crippen LogP contribution in [0, 0.1) is 35.8 Å². The number of rotatable bonds is 3. The summed E-state index contributed by atoms with van der Waals surface area (Å²) in [7, 11) is 0. The fourth-order valence-corrected chi connectivity index (χ4v) is 8.05. The third-order valence-electron chi connectivity index (χ3n) is 10.3. The van der Waals surface area contributed by atoms with E-state index in [4.69, 9.17) is 17.6 Å². The van der Waals surface area contributed by atoms with Gasteiger partial charge in [0.05, 0.1) is 52.0 Å². The molecule has 0 aliphatic heterocycles. The predicted octanol–water partition coefficient (Wildman–Crippen LogP) is 12.3. The van der Waals surface area contributed by atoms with Crippen molar-refractivity contribution in [2.45, 2.75) is 0 Å². The van der Waals surface area contributed by atoms with E-state index in [1.54, 1.807) is 12.1 Å². The molecule has 7 aromatic carbocycles. The van der Waals surface area contributed by atoms with E-state index in [0.717, 1.165) is 60.0 Å². The molecule has 0 unspecified atom stereocenters. The van der Waals surface area contributed by atoms with Crippen molar-refractivity contribution in [2.24, 2.45) is 0 Å². The molecule has 7 heteroatoms. The van der Waals surface area contributed by atoms with Gasteiger partial charge in [-0.25, -0.2) is 4.85 Å². The number of benzene rings is 7. The lowest BCUT2D eigenvalue weighted by molar-refractivity contribution is 0.669. The SMILES string of the molecule is [C-]#[N+]c1ccc(-c2ccc(C#N)c(C#N)c2-n2c3ccccc3c3cc4c(cc32)oc2ccccc24)c(-n2c3ccccc3c3ccccc32)c1[N+]#[C-]. The van der Waals surface area contributed by atoms with Crippen molar-refractivity contribution in [3.8, 4) is 34.6 Å². The lowest BCUT2D eigenvalue weighted by Crippen LogP contribution is -2.05. The van der Waals surface area contributed by atoms with E-state index in [0.29, 0.717) is 28.1 Å². The molecule has 3 aromatic heterocycles. The van der Waals surface area contributed by atoms with Crippen LogP contribution >= 0.6 is 0 Å². The molecule has 3 heterocycles. The Morgan fingerprint density at radius 2 is 1.06 bits per heavy atom. The van der Waals surface area contributed by atoms with Gasteiger partial charge in [0.1, 0.15) is 23.3 Å². The summed E-state index contributed by atoms with van der Waals surface area (Å²) < 4.78 is 10.5. The van der Waals surface area contributed by atoms with Crippen LogP contribution < -0.4 is 0 Å². The summed E-state index contributed by atoms with van der Waals surface area (Å²) in [6.45, 7) is 16.5. The second-order valence-electron chi connectivity index (χ2n) is 12.8. The van der Waals surface area contributed by atoms with E-state index in [-0.39, 0.29) is 22.5 Å². The van der Waals surface area contributed by atoms with Crippen molar-refractivity contribution in [3.05, 3.63) is 167 Å². The molecule has 242 valence electrons. The fourth-order valence-electron chi connectivity index (χ4n) is 8.05. The molecule has 0 radical (unpaired) electrons. The quantitative estimate of drug-likeness (QED) is 0.175. The van der Waals surface area contributed by atoms with E-state index in [2.05, 4.69) is 50.7 Å². The van der Waals surface area contributed by atoms with Crippen LogP contribution in [0.15, 0.2) is 138 Å². The summed E-state index contributed by atoms with van der Waals surface area (Å²) in [5.74, 6) is 0. The Bertz CT molecular complexity index is 3350. The summed E-state index contributed by atoms with van der Waals surface area (Å²) in [6.07, 6.45) is 0. The highest BCUT2D eigenvalue weighted by Gasteiger charge is 2.27. The van der Waals surface area contributed by atoms with Crippen molar-refractivity contribution >= 4 is 76.9 Å². The van der Waals surface area contributed by atoms with Gasteiger partial charge in [-0.2, -0.15) is 10.5 Å². The molecule has 0 amide bonds. The summed E-state index contributed by atoms with van der Waals surface area (Å²) in [6, 6.07) is 47.9. The van der Waals surface area contributed by atoms with Gasteiger partial charge in [0.2, 0.25) is 5.69 Å². The zero-order valence-electron chi connectivity index (χ0n) is 27.8. The van der Waals surface area contributed by atoms with Gasteiger partial charge in [-0.05, 0) is 42.0 Å². The molecule has 0 atom stereocenters. The van der Waals surface area contributed by atoms with Crippen LogP contribution in [0.2, 0.25) is 0 Å². The third-order valence-corrected chi connectivity index (χ3v) is 10.3. The van der Waals surface area contributed by atoms with Gasteiger partial charge >= 0.3 is 0 Å². The number of furan rings is 1. The van der Waals surface area contributed by atoms with Crippen molar-refractivity contribution in [1.82, 2.24) is 9.13 Å². The van der Waals surface area contributed by atoms with E-state index in [9.17, 15) is 10.5 Å². The number of hydrogen-bond donors (Lipinski definition) is 0. The Morgan fingerprint density at radius 1 is 0.491 bits per heavy atom. The summed E-state index contributed by atoms with van der Waals surface area (Å²) in [5.41, 5.74) is 8.01. The van der Waals surface area contributed by atoms with E-state index >= 15 is 0 Å². The molecule has 0 fully saturated rings. The molecule has 7 nitrogen and oxygen atoms in total. The van der Waals surface area contributed by atoms with Gasteiger partial charge in [0.25, 0.3) is 0 Å². The number of aromatic nitrogens is 2. The highest BCUT2D eigenvalue weighted by Crippen LogP contribution is 2.48. The fraction of sp³-hybridized carbons (Fsp3) is 0. The first-order valence-electron chi connectivity index (χ1n) is 16.9. The molecule has 0 saturated heterocycles. The number of hydrogen-bond acceptors (Lipinski definition) is 3. The standard InChI is InChI=1S/C46H22N6O/c1-49-37-22-21-33(46(44(37)50-2)51-38-15-7-3-11-28(38)29-12-4-8-16-39(29)51)32-20-19-27(25-47)36(26-48)45(32)52-40-17-9-5-13-30(40)34-23-35-31-14-6-10-18-42(31)53-43(35)24-41(34)52/h3-24H. The summed E-state index contributed by atoms with van der Waals surface area (Å²) in [4.78, 5) is 7.78. The average Bonchev–Trinajstić information content (AvgIpc) is 3.85. The molecule has 0 N–H and O–H groups in total. The molecular weight excluding hydrogens is 653 g/mol. The second-order valence-corrected chi connectivity index (χ2v) is 12.8. The highest BCUT2D eigenvalue weighted by molar-refractivity contribution is 6.18. The van der Waals surface area contributed by atoms with Gasteiger partial charge in [-0.3, -0.25) is 4.85 Å². The molecular formula is C46H22N6O. The molecule has 0 saturated carbocycles. The van der Waals surface area contributed by atoms with Gasteiger partial charge < -0.3 is 13.6 Å². The summed E-state index contributed by atoms with van der Waals surface area (Å²) in [5, 5.41) is 27.2. The molecule has 10 aromatic rings. The molecule has 53 heavy (non-hydrogen) atoms. The first-order chi connectivity index (χ1) is 26.1. The van der Waals surface area contributed by atoms with Crippen LogP contribution in [0.1, 0.15) is 11.1 Å². The molecule has 10 rings (SSSR count). The minimum Gasteiger partial charge on any atom is -0.456 e. The normalized spacial score (nSPS) is 11.3. The van der Waals surface area contributed by atoms with Gasteiger partial charge in [-0.15, -0.1) is 0 Å². The zero-order valence-corrected chi connectivity index (χ0v) is 27.8. The van der Waals surface area contributed by atoms with Crippen LogP contribution in [-0.4, -0.2) is 9.13 Å². The molecule has 0 bridgehead atoms. The minimum atomic E-state index is 0.198. The number of para-hydroxylation sites is 4. The van der Waals surface area contributed by atoms with Crippen molar-refractivity contribution in [2.75, 3.05) is 0 Å². The Hall–Kier alpha value is -8.10. The maximum Gasteiger partial charge on any atom is 0.218 e. The van der Waals surface area contributed by atoms with Crippen LogP contribution in [0.4, 0.5) is 11.4 Å². The van der Waals surface area contributed by atoms with Crippen LogP contribution in [-0.2, 0) is 0 Å². The van der Waals surface area contributed by atoms with Crippen LogP contribution in [0.3, 0.4) is 0 Å². The molecule has 0 aliphatic carbocycles. The smallest absolute Gasteiger partial charge is 0.218 e. The summed E-state index contributed by atoms with van der Waals surface area (Å²) >= 11 is 0. The van der Waals surface area contributed by atoms with E-state index < -0.39 is 0 Å². The maximum atomic E-state index is 10.9. The maximum absolute atomic E-state index is 10.9. The van der Waals surface area contributed by atoms with Crippen molar-refractivity contribution in [1.29, 1.82) is 10.5 Å². The van der Waals surface area contributed by atoms with Crippen molar-refractivity contribution < 1.29 is 4.42 Å². The lowest BCUT2D eigenvalue weighted by atomic mass is 9.94. The van der Waals surface area contributed by atoms with Gasteiger partial charge in [0.15, 0.2) is 5.69 Å². The Labute approximate surface area is 302 Å².